The van der Waals surface area contributed by atoms with Gasteiger partial charge in [0.05, 0.1) is 11.3 Å². The molecule has 0 bridgehead atoms. The third kappa shape index (κ3) is 5.00. The molecule has 0 atom stereocenters. The third-order valence-corrected chi connectivity index (χ3v) is 4.32. The smallest absolute Gasteiger partial charge is 0.307 e. The predicted octanol–water partition coefficient (Wildman–Crippen LogP) is 3.47. The largest absolute Gasteiger partial charge is 0.481 e. The molecule has 0 saturated carbocycles. The summed E-state index contributed by atoms with van der Waals surface area (Å²) in [6.45, 7) is 7.57. The molecule has 0 aliphatic carbocycles. The van der Waals surface area contributed by atoms with Crippen LogP contribution >= 0.6 is 0 Å². The number of carboxylic acids is 1. The van der Waals surface area contributed by atoms with E-state index in [0.717, 1.165) is 11.8 Å². The SMILES string of the molecule is C=C(C(C)=CC(=CC)CC(=O)O)c1cccc(S(C)(=O)=O)c1. The molecule has 0 heterocycles. The van der Waals surface area contributed by atoms with Gasteiger partial charge >= 0.3 is 5.97 Å². The van der Waals surface area contributed by atoms with Crippen LogP contribution in [0.1, 0.15) is 25.8 Å². The van der Waals surface area contributed by atoms with E-state index >= 15 is 0 Å². The minimum absolute atomic E-state index is 0.0650. The van der Waals surface area contributed by atoms with E-state index in [0.29, 0.717) is 16.7 Å². The monoisotopic (exact) mass is 320 g/mol. The molecule has 1 rings (SSSR count). The fraction of sp³-hybridized carbons (Fsp3) is 0.235. The van der Waals surface area contributed by atoms with Gasteiger partial charge in [0.1, 0.15) is 0 Å². The van der Waals surface area contributed by atoms with Gasteiger partial charge in [-0.15, -0.1) is 0 Å². The van der Waals surface area contributed by atoms with Gasteiger partial charge in [0, 0.05) is 6.26 Å². The Labute approximate surface area is 131 Å². The molecule has 118 valence electrons. The highest BCUT2D eigenvalue weighted by atomic mass is 32.2. The zero-order valence-electron chi connectivity index (χ0n) is 13.0. The average Bonchev–Trinajstić information content (AvgIpc) is 2.44. The van der Waals surface area contributed by atoms with Gasteiger partial charge in [-0.3, -0.25) is 4.79 Å². The van der Waals surface area contributed by atoms with Gasteiger partial charge in [0.2, 0.25) is 0 Å². The maximum atomic E-state index is 11.6. The molecule has 0 aliphatic heterocycles. The predicted molar refractivity (Wildman–Crippen MR) is 88.4 cm³/mol. The Morgan fingerprint density at radius 2 is 2.00 bits per heavy atom. The van der Waals surface area contributed by atoms with Crippen molar-refractivity contribution in [3.05, 3.63) is 59.7 Å². The summed E-state index contributed by atoms with van der Waals surface area (Å²) in [5.41, 5.74) is 2.82. The Kier molecular flexibility index (Phi) is 5.88. The number of benzene rings is 1. The van der Waals surface area contributed by atoms with Crippen molar-refractivity contribution in [2.75, 3.05) is 6.26 Å². The van der Waals surface area contributed by atoms with E-state index in [9.17, 15) is 13.2 Å². The maximum Gasteiger partial charge on any atom is 0.307 e. The molecule has 1 aromatic carbocycles. The molecule has 22 heavy (non-hydrogen) atoms. The highest BCUT2D eigenvalue weighted by molar-refractivity contribution is 7.90. The normalized spacial score (nSPS) is 13.0. The topological polar surface area (TPSA) is 71.4 Å². The molecule has 0 amide bonds. The summed E-state index contributed by atoms with van der Waals surface area (Å²) in [5, 5.41) is 8.85. The number of carbonyl (C=O) groups is 1. The van der Waals surface area contributed by atoms with Crippen molar-refractivity contribution in [1.82, 2.24) is 0 Å². The fourth-order valence-electron chi connectivity index (χ4n) is 1.92. The Morgan fingerprint density at radius 1 is 1.36 bits per heavy atom. The molecule has 0 unspecified atom stereocenters. The number of aliphatic carboxylic acids is 1. The molecule has 0 saturated heterocycles. The van der Waals surface area contributed by atoms with Crippen molar-refractivity contribution in [3.8, 4) is 0 Å². The molecule has 5 heteroatoms. The molecular formula is C17H20O4S. The second-order valence-corrected chi connectivity index (χ2v) is 7.06. The summed E-state index contributed by atoms with van der Waals surface area (Å²) >= 11 is 0. The highest BCUT2D eigenvalue weighted by Gasteiger charge is 2.10. The zero-order chi connectivity index (χ0) is 16.9. The van der Waals surface area contributed by atoms with Gasteiger partial charge in [-0.1, -0.05) is 30.9 Å². The lowest BCUT2D eigenvalue weighted by molar-refractivity contribution is -0.136. The summed E-state index contributed by atoms with van der Waals surface area (Å²) in [5.74, 6) is -0.901. The van der Waals surface area contributed by atoms with Gasteiger partial charge in [0.15, 0.2) is 9.84 Å². The van der Waals surface area contributed by atoms with Crippen molar-refractivity contribution in [2.45, 2.75) is 25.2 Å². The quantitative estimate of drug-likeness (QED) is 0.815. The van der Waals surface area contributed by atoms with Crippen molar-refractivity contribution in [3.63, 3.8) is 0 Å². The molecule has 0 spiro atoms. The molecule has 1 N–H and O–H groups in total. The second-order valence-electron chi connectivity index (χ2n) is 5.04. The van der Waals surface area contributed by atoms with E-state index in [4.69, 9.17) is 5.11 Å². The second kappa shape index (κ2) is 7.22. The summed E-state index contributed by atoms with van der Waals surface area (Å²) in [7, 11) is -3.28. The summed E-state index contributed by atoms with van der Waals surface area (Å²) < 4.78 is 23.2. The van der Waals surface area contributed by atoms with Gasteiger partial charge in [-0.2, -0.15) is 0 Å². The standard InChI is InChI=1S/C17H20O4S/c1-5-14(10-17(18)19)9-12(2)13(3)15-7-6-8-16(11-15)22(4,20)21/h5-9,11H,3,10H2,1-2,4H3,(H,18,19). The lowest BCUT2D eigenvalue weighted by Gasteiger charge is -2.09. The van der Waals surface area contributed by atoms with Crippen molar-refractivity contribution in [1.29, 1.82) is 0 Å². The molecule has 0 radical (unpaired) electrons. The maximum absolute atomic E-state index is 11.6. The lowest BCUT2D eigenvalue weighted by Crippen LogP contribution is -1.98. The van der Waals surface area contributed by atoms with Crippen molar-refractivity contribution < 1.29 is 18.3 Å². The molecular weight excluding hydrogens is 300 g/mol. The molecule has 1 aromatic rings. The van der Waals surface area contributed by atoms with E-state index in [1.807, 2.05) is 6.92 Å². The number of hydrogen-bond donors (Lipinski definition) is 1. The van der Waals surface area contributed by atoms with Gasteiger partial charge in [-0.25, -0.2) is 8.42 Å². The number of allylic oxidation sites excluding steroid dienone is 4. The summed E-state index contributed by atoms with van der Waals surface area (Å²) in [6.07, 6.45) is 4.58. The first-order valence-electron chi connectivity index (χ1n) is 6.70. The van der Waals surface area contributed by atoms with Crippen LogP contribution in [0, 0.1) is 0 Å². The van der Waals surface area contributed by atoms with E-state index in [-0.39, 0.29) is 11.3 Å². The Balaban J connectivity index is 3.13. The third-order valence-electron chi connectivity index (χ3n) is 3.21. The van der Waals surface area contributed by atoms with Crippen LogP contribution < -0.4 is 0 Å². The highest BCUT2D eigenvalue weighted by Crippen LogP contribution is 2.24. The first-order valence-corrected chi connectivity index (χ1v) is 8.59. The van der Waals surface area contributed by atoms with Crippen LogP contribution in [-0.2, 0) is 14.6 Å². The summed E-state index contributed by atoms with van der Waals surface area (Å²) in [6, 6.07) is 6.55. The number of sulfone groups is 1. The van der Waals surface area contributed by atoms with E-state index in [2.05, 4.69) is 6.58 Å². The van der Waals surface area contributed by atoms with Crippen LogP contribution in [0.5, 0.6) is 0 Å². The lowest BCUT2D eigenvalue weighted by atomic mass is 9.98. The molecule has 0 aliphatic rings. The van der Waals surface area contributed by atoms with Crippen LogP contribution in [-0.4, -0.2) is 25.7 Å². The molecule has 0 aromatic heterocycles. The Bertz CT molecular complexity index is 753. The summed E-state index contributed by atoms with van der Waals surface area (Å²) in [4.78, 5) is 11.0. The van der Waals surface area contributed by atoms with Gasteiger partial charge in [0.25, 0.3) is 0 Å². The Hall–Kier alpha value is -2.14. The van der Waals surface area contributed by atoms with Crippen molar-refractivity contribution >= 4 is 21.4 Å². The molecule has 0 fully saturated rings. The Morgan fingerprint density at radius 3 is 2.50 bits per heavy atom. The van der Waals surface area contributed by atoms with Crippen LogP contribution in [0.4, 0.5) is 0 Å². The van der Waals surface area contributed by atoms with E-state index < -0.39 is 15.8 Å². The van der Waals surface area contributed by atoms with Crippen LogP contribution in [0.2, 0.25) is 0 Å². The van der Waals surface area contributed by atoms with Crippen molar-refractivity contribution in [2.24, 2.45) is 0 Å². The fourth-order valence-corrected chi connectivity index (χ4v) is 2.59. The number of rotatable bonds is 6. The van der Waals surface area contributed by atoms with Crippen LogP contribution in [0.3, 0.4) is 0 Å². The van der Waals surface area contributed by atoms with Crippen LogP contribution in [0.25, 0.3) is 5.57 Å². The zero-order valence-corrected chi connectivity index (χ0v) is 13.8. The first-order chi connectivity index (χ1) is 10.1. The minimum atomic E-state index is -3.28. The molecule has 4 nitrogen and oxygen atoms in total. The van der Waals surface area contributed by atoms with Crippen LogP contribution in [0.15, 0.2) is 59.0 Å². The number of carboxylic acid groups (broad SMARTS) is 1. The van der Waals surface area contributed by atoms with E-state index in [1.165, 1.54) is 6.07 Å². The van der Waals surface area contributed by atoms with Gasteiger partial charge in [-0.05, 0) is 48.3 Å². The van der Waals surface area contributed by atoms with Gasteiger partial charge < -0.3 is 5.11 Å². The first kappa shape index (κ1) is 17.9. The minimum Gasteiger partial charge on any atom is -0.481 e. The average molecular weight is 320 g/mol. The number of hydrogen-bond acceptors (Lipinski definition) is 3. The van der Waals surface area contributed by atoms with E-state index in [1.54, 1.807) is 37.3 Å².